The van der Waals surface area contributed by atoms with Crippen LogP contribution in [0.2, 0.25) is 15.1 Å². The molecule has 0 spiro atoms. The van der Waals surface area contributed by atoms with Gasteiger partial charge in [-0.1, -0.05) is 64.2 Å². The summed E-state index contributed by atoms with van der Waals surface area (Å²) in [4.78, 5) is 17.6. The summed E-state index contributed by atoms with van der Waals surface area (Å²) in [6.07, 6.45) is 0.565. The fourth-order valence-electron chi connectivity index (χ4n) is 5.24. The molecule has 4 unspecified atom stereocenters. The molecule has 1 saturated carbocycles. The zero-order chi connectivity index (χ0) is 28.6. The van der Waals surface area contributed by atoms with Gasteiger partial charge in [0.15, 0.2) is 6.10 Å². The van der Waals surface area contributed by atoms with E-state index in [0.717, 1.165) is 12.0 Å². The van der Waals surface area contributed by atoms with Crippen LogP contribution in [-0.2, 0) is 14.3 Å². The third-order valence-corrected chi connectivity index (χ3v) is 8.72. The van der Waals surface area contributed by atoms with Crippen molar-refractivity contribution in [2.45, 2.75) is 43.8 Å². The van der Waals surface area contributed by atoms with Gasteiger partial charge >= 0.3 is 5.97 Å². The van der Waals surface area contributed by atoms with E-state index in [1.54, 1.807) is 37.4 Å². The van der Waals surface area contributed by atoms with Gasteiger partial charge in [0.25, 0.3) is 0 Å². The summed E-state index contributed by atoms with van der Waals surface area (Å²) in [5, 5.41) is 6.00. The largest absolute Gasteiger partial charge is 0.493 e. The van der Waals surface area contributed by atoms with Gasteiger partial charge in [0.2, 0.25) is 0 Å². The van der Waals surface area contributed by atoms with Crippen LogP contribution in [0.1, 0.15) is 59.2 Å². The van der Waals surface area contributed by atoms with E-state index in [-0.39, 0.29) is 18.5 Å². The SMILES string of the molecule is COC(=O)c1ccc(C2CC2c2ccc(OCC3C(c4c(Cl)cccc4Cl)=NOC3C(C)(C)OC)cc2Cl)cc1. The second kappa shape index (κ2) is 11.6. The molecule has 9 heteroatoms. The summed E-state index contributed by atoms with van der Waals surface area (Å²) in [5.41, 5.74) is 3.38. The molecular weight excluding hydrogens is 573 g/mol. The number of rotatable bonds is 9. The summed E-state index contributed by atoms with van der Waals surface area (Å²) < 4.78 is 16.8. The molecule has 1 aliphatic heterocycles. The lowest BCUT2D eigenvalue weighted by atomic mass is 9.85. The van der Waals surface area contributed by atoms with E-state index in [0.29, 0.717) is 49.5 Å². The summed E-state index contributed by atoms with van der Waals surface area (Å²) in [6, 6.07) is 18.7. The zero-order valence-corrected chi connectivity index (χ0v) is 24.9. The highest BCUT2D eigenvalue weighted by atomic mass is 35.5. The van der Waals surface area contributed by atoms with E-state index < -0.39 is 11.7 Å². The average Bonchev–Trinajstić information content (AvgIpc) is 3.62. The highest BCUT2D eigenvalue weighted by molar-refractivity contribution is 6.40. The van der Waals surface area contributed by atoms with Crippen LogP contribution < -0.4 is 4.74 Å². The Hall–Kier alpha value is -2.77. The first-order valence-corrected chi connectivity index (χ1v) is 14.1. The molecule has 1 aliphatic carbocycles. The van der Waals surface area contributed by atoms with Crippen molar-refractivity contribution in [2.24, 2.45) is 11.1 Å². The lowest BCUT2D eigenvalue weighted by Gasteiger charge is -2.32. The Morgan fingerprint density at radius 1 is 0.975 bits per heavy atom. The molecule has 2 aliphatic rings. The number of hydrogen-bond acceptors (Lipinski definition) is 6. The lowest BCUT2D eigenvalue weighted by molar-refractivity contribution is -0.114. The molecule has 0 aromatic heterocycles. The number of esters is 1. The number of nitrogens with zero attached hydrogens (tertiary/aromatic N) is 1. The quantitative estimate of drug-likeness (QED) is 0.233. The molecular formula is C31H30Cl3NO5. The van der Waals surface area contributed by atoms with Crippen molar-refractivity contribution in [1.82, 2.24) is 0 Å². The molecule has 3 aromatic carbocycles. The van der Waals surface area contributed by atoms with Crippen molar-refractivity contribution in [3.63, 3.8) is 0 Å². The molecule has 210 valence electrons. The van der Waals surface area contributed by atoms with Crippen LogP contribution in [-0.4, -0.2) is 44.2 Å². The van der Waals surface area contributed by atoms with Gasteiger partial charge in [0, 0.05) is 17.7 Å². The number of oxime groups is 1. The number of carbonyl (C=O) groups is 1. The Morgan fingerprint density at radius 2 is 1.68 bits per heavy atom. The van der Waals surface area contributed by atoms with Gasteiger partial charge in [-0.15, -0.1) is 0 Å². The monoisotopic (exact) mass is 601 g/mol. The Labute approximate surface area is 249 Å². The molecule has 0 bridgehead atoms. The number of benzene rings is 3. The van der Waals surface area contributed by atoms with Gasteiger partial charge < -0.3 is 19.0 Å². The molecule has 40 heavy (non-hydrogen) atoms. The maximum atomic E-state index is 11.7. The smallest absolute Gasteiger partial charge is 0.337 e. The minimum absolute atomic E-state index is 0.256. The van der Waals surface area contributed by atoms with Crippen molar-refractivity contribution in [2.75, 3.05) is 20.8 Å². The maximum Gasteiger partial charge on any atom is 0.337 e. The van der Waals surface area contributed by atoms with Gasteiger partial charge in [-0.25, -0.2) is 4.79 Å². The molecule has 3 aromatic rings. The van der Waals surface area contributed by atoms with Crippen LogP contribution >= 0.6 is 34.8 Å². The van der Waals surface area contributed by atoms with Crippen LogP contribution in [0.5, 0.6) is 5.75 Å². The maximum absolute atomic E-state index is 11.7. The highest BCUT2D eigenvalue weighted by Crippen LogP contribution is 2.56. The molecule has 1 fully saturated rings. The molecule has 0 radical (unpaired) electrons. The first-order valence-electron chi connectivity index (χ1n) is 13.0. The van der Waals surface area contributed by atoms with Crippen LogP contribution in [0.3, 0.4) is 0 Å². The predicted molar refractivity (Wildman–Crippen MR) is 157 cm³/mol. The number of halogens is 3. The Balaban J connectivity index is 1.30. The minimum atomic E-state index is -0.648. The van der Waals surface area contributed by atoms with E-state index in [9.17, 15) is 4.79 Å². The summed E-state index contributed by atoms with van der Waals surface area (Å²) in [5.74, 6) is 0.655. The third-order valence-electron chi connectivity index (χ3n) is 7.76. The Morgan fingerprint density at radius 3 is 2.30 bits per heavy atom. The van der Waals surface area contributed by atoms with E-state index in [1.165, 1.54) is 12.7 Å². The number of hydrogen-bond donors (Lipinski definition) is 0. The molecule has 6 nitrogen and oxygen atoms in total. The second-order valence-corrected chi connectivity index (χ2v) is 11.8. The fraction of sp³-hybridized carbons (Fsp3) is 0.355. The van der Waals surface area contributed by atoms with Crippen LogP contribution in [0.4, 0.5) is 0 Å². The number of methoxy groups -OCH3 is 2. The van der Waals surface area contributed by atoms with Crippen LogP contribution in [0.25, 0.3) is 0 Å². The van der Waals surface area contributed by atoms with Crippen LogP contribution in [0, 0.1) is 5.92 Å². The zero-order valence-electron chi connectivity index (χ0n) is 22.6. The van der Waals surface area contributed by atoms with Crippen molar-refractivity contribution in [3.05, 3.63) is 98.0 Å². The minimum Gasteiger partial charge on any atom is -0.493 e. The van der Waals surface area contributed by atoms with Crippen molar-refractivity contribution in [1.29, 1.82) is 0 Å². The third kappa shape index (κ3) is 5.68. The first-order chi connectivity index (χ1) is 19.1. The molecule has 0 N–H and O–H groups in total. The van der Waals surface area contributed by atoms with Gasteiger partial charge in [0.05, 0.1) is 28.6 Å². The van der Waals surface area contributed by atoms with Crippen molar-refractivity contribution in [3.8, 4) is 5.75 Å². The number of carbonyl (C=O) groups excluding carboxylic acids is 1. The Bertz CT molecular complexity index is 1420. The Kier molecular flexibility index (Phi) is 8.35. The number of ether oxygens (including phenoxy) is 3. The van der Waals surface area contributed by atoms with Crippen LogP contribution in [0.15, 0.2) is 65.8 Å². The molecule has 4 atom stereocenters. The van der Waals surface area contributed by atoms with Crippen molar-refractivity contribution >= 4 is 46.5 Å². The lowest BCUT2D eigenvalue weighted by Crippen LogP contribution is -2.46. The van der Waals surface area contributed by atoms with Gasteiger partial charge in [-0.3, -0.25) is 0 Å². The van der Waals surface area contributed by atoms with Gasteiger partial charge in [-0.05, 0) is 79.6 Å². The molecule has 1 heterocycles. The summed E-state index contributed by atoms with van der Waals surface area (Å²) in [7, 11) is 3.02. The molecule has 0 saturated heterocycles. The van der Waals surface area contributed by atoms with Gasteiger partial charge in [0.1, 0.15) is 23.7 Å². The van der Waals surface area contributed by atoms with E-state index >= 15 is 0 Å². The second-order valence-electron chi connectivity index (χ2n) is 10.6. The molecule has 5 rings (SSSR count). The fourth-order valence-corrected chi connectivity index (χ4v) is 6.14. The average molecular weight is 603 g/mol. The van der Waals surface area contributed by atoms with E-state index in [2.05, 4.69) is 5.16 Å². The topological polar surface area (TPSA) is 66.4 Å². The molecule has 0 amide bonds. The normalized spacial score (nSPS) is 21.9. The highest BCUT2D eigenvalue weighted by Gasteiger charge is 2.46. The standard InChI is InChI=1S/C31H30Cl3NO5/c1-31(2,38-4)29-23(28(35-40-29)27-24(32)6-5-7-25(27)33)16-39-19-12-13-20(26(34)14-19)22-15-21(22)17-8-10-18(11-9-17)30(36)37-3/h5-14,21-23,29H,15-16H2,1-4H3. The first kappa shape index (κ1) is 28.7. The predicted octanol–water partition coefficient (Wildman–Crippen LogP) is 7.93. The van der Waals surface area contributed by atoms with Crippen molar-refractivity contribution < 1.29 is 23.8 Å². The van der Waals surface area contributed by atoms with E-state index in [4.69, 9.17) is 53.9 Å². The summed E-state index contributed by atoms with van der Waals surface area (Å²) >= 11 is 19.8. The van der Waals surface area contributed by atoms with Gasteiger partial charge in [-0.2, -0.15) is 0 Å². The summed E-state index contributed by atoms with van der Waals surface area (Å²) in [6.45, 7) is 4.14. The van der Waals surface area contributed by atoms with E-state index in [1.807, 2.05) is 44.2 Å².